The zero-order chi connectivity index (χ0) is 17.2. The predicted molar refractivity (Wildman–Crippen MR) is 89.1 cm³/mol. The number of benzene rings is 1. The molecule has 1 saturated heterocycles. The normalized spacial score (nSPS) is 19.8. The third kappa shape index (κ3) is 2.99. The summed E-state index contributed by atoms with van der Waals surface area (Å²) in [7, 11) is 0. The minimum Gasteiger partial charge on any atom is -0.377 e. The Morgan fingerprint density at radius 1 is 1.16 bits per heavy atom. The molecule has 25 heavy (non-hydrogen) atoms. The van der Waals surface area contributed by atoms with Gasteiger partial charge in [0.05, 0.1) is 36.5 Å². The Morgan fingerprint density at radius 3 is 2.84 bits per heavy atom. The lowest BCUT2D eigenvalue weighted by Gasteiger charge is -2.19. The quantitative estimate of drug-likeness (QED) is 0.750. The van der Waals surface area contributed by atoms with E-state index in [0.717, 1.165) is 5.52 Å². The van der Waals surface area contributed by atoms with Crippen LogP contribution in [0, 0.1) is 0 Å². The highest BCUT2D eigenvalue weighted by molar-refractivity contribution is 5.94. The summed E-state index contributed by atoms with van der Waals surface area (Å²) in [6.45, 7) is 0.617. The fourth-order valence-electron chi connectivity index (χ4n) is 2.85. The first-order chi connectivity index (χ1) is 12.2. The maximum atomic E-state index is 12.5. The minimum atomic E-state index is -0.367. The summed E-state index contributed by atoms with van der Waals surface area (Å²) in [5.74, 6) is -0.359. The van der Waals surface area contributed by atoms with Crippen molar-refractivity contribution in [1.29, 1.82) is 0 Å². The number of aromatic nitrogens is 4. The van der Waals surface area contributed by atoms with Gasteiger partial charge in [-0.1, -0.05) is 12.1 Å². The van der Waals surface area contributed by atoms with Gasteiger partial charge in [-0.25, -0.2) is 9.67 Å². The SMILES string of the molecule is O=C(NC1COCC1n1ncccc1=O)c1cnc2ccccc2n1. The topological polar surface area (TPSA) is 99.0 Å². The molecule has 0 spiro atoms. The number of para-hydroxylation sites is 2. The van der Waals surface area contributed by atoms with Crippen LogP contribution >= 0.6 is 0 Å². The fraction of sp³-hybridized carbons (Fsp3) is 0.235. The number of ether oxygens (including phenoxy) is 1. The second-order valence-corrected chi connectivity index (χ2v) is 5.74. The van der Waals surface area contributed by atoms with Crippen LogP contribution in [0.4, 0.5) is 0 Å². The highest BCUT2D eigenvalue weighted by Gasteiger charge is 2.32. The second kappa shape index (κ2) is 6.40. The summed E-state index contributed by atoms with van der Waals surface area (Å²) < 4.78 is 6.77. The van der Waals surface area contributed by atoms with E-state index in [1.165, 1.54) is 23.1 Å². The monoisotopic (exact) mass is 337 g/mol. The molecule has 2 atom stereocenters. The average Bonchev–Trinajstić information content (AvgIpc) is 3.09. The van der Waals surface area contributed by atoms with Crippen LogP contribution in [0.1, 0.15) is 16.5 Å². The van der Waals surface area contributed by atoms with Gasteiger partial charge in [-0.3, -0.25) is 14.6 Å². The maximum Gasteiger partial charge on any atom is 0.271 e. The van der Waals surface area contributed by atoms with Gasteiger partial charge >= 0.3 is 0 Å². The Balaban J connectivity index is 1.56. The van der Waals surface area contributed by atoms with E-state index in [9.17, 15) is 9.59 Å². The molecule has 1 N–H and O–H groups in total. The van der Waals surface area contributed by atoms with E-state index in [0.29, 0.717) is 18.7 Å². The zero-order valence-electron chi connectivity index (χ0n) is 13.2. The Morgan fingerprint density at radius 2 is 2.00 bits per heavy atom. The van der Waals surface area contributed by atoms with Gasteiger partial charge in [0.15, 0.2) is 0 Å². The van der Waals surface area contributed by atoms with Crippen molar-refractivity contribution in [3.8, 4) is 0 Å². The molecule has 0 radical (unpaired) electrons. The van der Waals surface area contributed by atoms with E-state index in [-0.39, 0.29) is 29.2 Å². The van der Waals surface area contributed by atoms with Crippen molar-refractivity contribution >= 4 is 16.9 Å². The number of nitrogens with one attached hydrogen (secondary N) is 1. The summed E-state index contributed by atoms with van der Waals surface area (Å²) in [4.78, 5) is 33.1. The van der Waals surface area contributed by atoms with Gasteiger partial charge in [0, 0.05) is 12.3 Å². The molecular formula is C17H15N5O3. The van der Waals surface area contributed by atoms with Crippen molar-refractivity contribution in [2.24, 2.45) is 0 Å². The van der Waals surface area contributed by atoms with Crippen LogP contribution in [0.2, 0.25) is 0 Å². The van der Waals surface area contributed by atoms with Gasteiger partial charge in [0.1, 0.15) is 11.7 Å². The van der Waals surface area contributed by atoms with E-state index in [1.54, 1.807) is 12.1 Å². The molecule has 1 aliphatic heterocycles. The van der Waals surface area contributed by atoms with Gasteiger partial charge in [0.2, 0.25) is 0 Å². The van der Waals surface area contributed by atoms with Crippen LogP contribution in [0.25, 0.3) is 11.0 Å². The van der Waals surface area contributed by atoms with Gasteiger partial charge < -0.3 is 10.1 Å². The first kappa shape index (κ1) is 15.4. The Labute approximate surface area is 142 Å². The molecular weight excluding hydrogens is 322 g/mol. The molecule has 2 unspecified atom stereocenters. The highest BCUT2D eigenvalue weighted by Crippen LogP contribution is 2.17. The zero-order valence-corrected chi connectivity index (χ0v) is 13.2. The maximum absolute atomic E-state index is 12.5. The number of amides is 1. The minimum absolute atomic E-state index is 0.220. The van der Waals surface area contributed by atoms with Gasteiger partial charge in [-0.05, 0) is 18.2 Å². The van der Waals surface area contributed by atoms with Crippen LogP contribution in [0.3, 0.4) is 0 Å². The number of fused-ring (bicyclic) bond motifs is 1. The summed E-state index contributed by atoms with van der Waals surface area (Å²) >= 11 is 0. The molecule has 8 nitrogen and oxygen atoms in total. The van der Waals surface area contributed by atoms with E-state index >= 15 is 0 Å². The van der Waals surface area contributed by atoms with Gasteiger partial charge in [-0.2, -0.15) is 5.10 Å². The largest absolute Gasteiger partial charge is 0.377 e. The molecule has 4 rings (SSSR count). The van der Waals surface area contributed by atoms with Crippen molar-refractivity contribution in [3.05, 3.63) is 64.8 Å². The third-order valence-corrected chi connectivity index (χ3v) is 4.10. The average molecular weight is 337 g/mol. The van der Waals surface area contributed by atoms with Crippen LogP contribution < -0.4 is 10.9 Å². The molecule has 8 heteroatoms. The Bertz CT molecular complexity index is 987. The van der Waals surface area contributed by atoms with Crippen molar-refractivity contribution < 1.29 is 9.53 Å². The summed E-state index contributed by atoms with van der Waals surface area (Å²) in [6.07, 6.45) is 2.98. The van der Waals surface area contributed by atoms with Crippen LogP contribution in [-0.2, 0) is 4.74 Å². The summed E-state index contributed by atoms with van der Waals surface area (Å²) in [6, 6.07) is 9.62. The molecule has 3 heterocycles. The lowest BCUT2D eigenvalue weighted by atomic mass is 10.1. The fourth-order valence-corrected chi connectivity index (χ4v) is 2.85. The van der Waals surface area contributed by atoms with Gasteiger partial charge in [0.25, 0.3) is 11.5 Å². The molecule has 1 amide bonds. The standard InChI is InChI=1S/C17H15N5O3/c23-16-6-3-7-19-22(16)15-10-25-9-14(15)21-17(24)13-8-18-11-4-1-2-5-12(11)20-13/h1-8,14-15H,9-10H2,(H,21,24). The van der Waals surface area contributed by atoms with Crippen LogP contribution in [-0.4, -0.2) is 44.9 Å². The van der Waals surface area contributed by atoms with Gasteiger partial charge in [-0.15, -0.1) is 0 Å². The van der Waals surface area contributed by atoms with Crippen molar-refractivity contribution in [3.63, 3.8) is 0 Å². The molecule has 0 aliphatic carbocycles. The Hall–Kier alpha value is -3.13. The van der Waals surface area contributed by atoms with E-state index < -0.39 is 0 Å². The number of rotatable bonds is 3. The van der Waals surface area contributed by atoms with Crippen molar-refractivity contribution in [2.75, 3.05) is 13.2 Å². The third-order valence-electron chi connectivity index (χ3n) is 4.10. The van der Waals surface area contributed by atoms with E-state index in [2.05, 4.69) is 20.4 Å². The number of hydrogen-bond acceptors (Lipinski definition) is 6. The lowest BCUT2D eigenvalue weighted by molar-refractivity contribution is 0.0919. The van der Waals surface area contributed by atoms with Crippen molar-refractivity contribution in [2.45, 2.75) is 12.1 Å². The van der Waals surface area contributed by atoms with Crippen molar-refractivity contribution in [1.82, 2.24) is 25.1 Å². The first-order valence-corrected chi connectivity index (χ1v) is 7.86. The molecule has 126 valence electrons. The Kier molecular flexibility index (Phi) is 3.95. The van der Waals surface area contributed by atoms with E-state index in [1.807, 2.05) is 18.2 Å². The lowest BCUT2D eigenvalue weighted by Crippen LogP contribution is -2.44. The van der Waals surface area contributed by atoms with Crippen LogP contribution in [0.5, 0.6) is 0 Å². The highest BCUT2D eigenvalue weighted by atomic mass is 16.5. The molecule has 0 saturated carbocycles. The smallest absolute Gasteiger partial charge is 0.271 e. The molecule has 1 aliphatic rings. The predicted octanol–water partition coefficient (Wildman–Crippen LogP) is 0.556. The second-order valence-electron chi connectivity index (χ2n) is 5.74. The number of carbonyl (C=O) groups excluding carboxylic acids is 1. The summed E-state index contributed by atoms with van der Waals surface area (Å²) in [5, 5.41) is 6.95. The van der Waals surface area contributed by atoms with Crippen LogP contribution in [0.15, 0.2) is 53.6 Å². The molecule has 1 fully saturated rings. The molecule has 3 aromatic rings. The molecule has 1 aromatic carbocycles. The van der Waals surface area contributed by atoms with E-state index in [4.69, 9.17) is 4.74 Å². The number of carbonyl (C=O) groups is 1. The summed E-state index contributed by atoms with van der Waals surface area (Å²) in [5.41, 5.74) is 1.36. The molecule has 2 aromatic heterocycles. The number of nitrogens with zero attached hydrogens (tertiary/aromatic N) is 4. The number of hydrogen-bond donors (Lipinski definition) is 1. The molecule has 0 bridgehead atoms. The first-order valence-electron chi connectivity index (χ1n) is 7.86.